The number of nitriles is 3. The predicted octanol–water partition coefficient (Wildman–Crippen LogP) is 15.7. The number of benzene rings is 8. The van der Waals surface area contributed by atoms with E-state index in [0.717, 1.165) is 122 Å². The zero-order chi connectivity index (χ0) is 48.7. The van der Waals surface area contributed by atoms with E-state index in [-0.39, 0.29) is 0 Å². The molecule has 330 valence electrons. The summed E-state index contributed by atoms with van der Waals surface area (Å²) in [5, 5.41) is 35.5. The lowest BCUT2D eigenvalue weighted by Gasteiger charge is -2.22. The van der Waals surface area contributed by atoms with Crippen molar-refractivity contribution in [2.75, 3.05) is 0 Å². The number of hydrogen-bond acceptors (Lipinski definition) is 7. The Kier molecular flexibility index (Phi) is 10.5. The van der Waals surface area contributed by atoms with Gasteiger partial charge in [-0.2, -0.15) is 15.8 Å². The van der Waals surface area contributed by atoms with Gasteiger partial charge in [0.1, 0.15) is 0 Å². The zero-order valence-corrected chi connectivity index (χ0v) is 38.2. The number of rotatable bonds is 8. The van der Waals surface area contributed by atoms with Gasteiger partial charge in [-0.05, 0) is 143 Å². The number of nitrogens with zero attached hydrogens (tertiary/aromatic N) is 8. The summed E-state index contributed by atoms with van der Waals surface area (Å²) in [7, 11) is 0. The van der Waals surface area contributed by atoms with Crippen molar-refractivity contribution in [1.82, 2.24) is 19.9 Å². The highest BCUT2D eigenvalue weighted by Crippen LogP contribution is 2.49. The molecule has 0 atom stereocenters. The average Bonchev–Trinajstić information content (AvgIpc) is 3.46. The van der Waals surface area contributed by atoms with Crippen LogP contribution < -0.4 is 0 Å². The lowest BCUT2D eigenvalue weighted by molar-refractivity contribution is 1.31. The molecule has 0 saturated heterocycles. The molecule has 8 nitrogen and oxygen atoms in total. The van der Waals surface area contributed by atoms with Gasteiger partial charge < -0.3 is 0 Å². The van der Waals surface area contributed by atoms with Crippen molar-refractivity contribution in [3.63, 3.8) is 0 Å². The van der Waals surface area contributed by atoms with Gasteiger partial charge in [-0.3, -0.25) is 19.9 Å². The summed E-state index contributed by atoms with van der Waals surface area (Å²) in [6, 6.07) is 68.0. The number of pyridine rings is 4. The first-order valence-corrected chi connectivity index (χ1v) is 23.1. The van der Waals surface area contributed by atoms with Crippen LogP contribution in [0.25, 0.3) is 127 Å². The lowest BCUT2D eigenvalue weighted by Crippen LogP contribution is -1.95. The first kappa shape index (κ1) is 42.7. The molecule has 0 amide bonds. The highest BCUT2D eigenvalue weighted by Gasteiger charge is 2.22. The van der Waals surface area contributed by atoms with Crippen molar-refractivity contribution in [2.45, 2.75) is 0 Å². The molecule has 12 aromatic rings. The van der Waals surface area contributed by atoms with Crippen LogP contribution in [0.3, 0.4) is 0 Å². The molecule has 4 aromatic heterocycles. The first-order chi connectivity index (χ1) is 35.5. The molecule has 0 aliphatic heterocycles. The standard InChI is InChI=1S/C64H34N8/c1-68-50-25-29-72-62(33-50)49-16-8-45(9-17-49)58-35-57(44-6-14-48(15-7-44)61-32-41(38-67)24-28-71-61)53-19-18-51-55(42-2-10-46(11-3-42)59-30-39(36-65)22-26-69-59)34-56(52-20-21-54(58)64(53)63(51)52)43-4-12-47(13-5-43)60-31-40(37-66)23-27-70-60/h2-35H. The molecule has 4 heterocycles. The third-order valence-electron chi connectivity index (χ3n) is 13.4. The minimum Gasteiger partial charge on any atom is -0.259 e. The minimum absolute atomic E-state index is 0.537. The minimum atomic E-state index is 0.537. The fraction of sp³-hybridized carbons (Fsp3) is 0. The van der Waals surface area contributed by atoms with E-state index < -0.39 is 0 Å². The number of aromatic nitrogens is 4. The van der Waals surface area contributed by atoms with Crippen LogP contribution in [-0.2, 0) is 0 Å². The molecule has 0 N–H and O–H groups in total. The van der Waals surface area contributed by atoms with E-state index in [1.54, 1.807) is 49.1 Å². The Balaban J connectivity index is 1.10. The molecule has 0 spiro atoms. The van der Waals surface area contributed by atoms with E-state index in [1.165, 1.54) is 0 Å². The van der Waals surface area contributed by atoms with Crippen molar-refractivity contribution >= 4 is 38.0 Å². The molecule has 0 fully saturated rings. The molecule has 0 saturated carbocycles. The van der Waals surface area contributed by atoms with Crippen LogP contribution in [0.2, 0.25) is 0 Å². The molecule has 72 heavy (non-hydrogen) atoms. The topological polar surface area (TPSA) is 127 Å². The van der Waals surface area contributed by atoms with E-state index in [4.69, 9.17) is 6.57 Å². The third kappa shape index (κ3) is 7.58. The van der Waals surface area contributed by atoms with Crippen LogP contribution in [-0.4, -0.2) is 19.9 Å². The Hall–Kier alpha value is -10.6. The van der Waals surface area contributed by atoms with Gasteiger partial charge in [0.2, 0.25) is 0 Å². The van der Waals surface area contributed by atoms with E-state index in [0.29, 0.717) is 22.4 Å². The van der Waals surface area contributed by atoms with Crippen LogP contribution in [0.15, 0.2) is 207 Å². The quantitative estimate of drug-likeness (QED) is 0.110. The molecule has 0 unspecified atom stereocenters. The van der Waals surface area contributed by atoms with Gasteiger partial charge in [0, 0.05) is 41.5 Å². The summed E-state index contributed by atoms with van der Waals surface area (Å²) < 4.78 is 0. The van der Waals surface area contributed by atoms with Crippen molar-refractivity contribution in [2.24, 2.45) is 0 Å². The first-order valence-electron chi connectivity index (χ1n) is 23.1. The van der Waals surface area contributed by atoms with Crippen LogP contribution in [0.1, 0.15) is 16.7 Å². The van der Waals surface area contributed by atoms with Gasteiger partial charge in [0.25, 0.3) is 0 Å². The normalized spacial score (nSPS) is 11.0. The van der Waals surface area contributed by atoms with E-state index >= 15 is 0 Å². The molecule has 8 aromatic carbocycles. The van der Waals surface area contributed by atoms with Gasteiger partial charge >= 0.3 is 0 Å². The maximum atomic E-state index is 9.62. The molecular formula is C64H34N8. The summed E-state index contributed by atoms with van der Waals surface area (Å²) in [5.74, 6) is 0. The highest BCUT2D eigenvalue weighted by atomic mass is 14.7. The maximum Gasteiger partial charge on any atom is 0.190 e. The van der Waals surface area contributed by atoms with Crippen molar-refractivity contribution in [3.05, 3.63) is 235 Å². The fourth-order valence-electron chi connectivity index (χ4n) is 9.85. The fourth-order valence-corrected chi connectivity index (χ4v) is 9.85. The third-order valence-corrected chi connectivity index (χ3v) is 13.4. The van der Waals surface area contributed by atoms with Gasteiger partial charge in [-0.15, -0.1) is 0 Å². The summed E-state index contributed by atoms with van der Waals surface area (Å²) in [6.07, 6.45) is 6.68. The summed E-state index contributed by atoms with van der Waals surface area (Å²) in [4.78, 5) is 22.0. The van der Waals surface area contributed by atoms with Crippen molar-refractivity contribution < 1.29 is 0 Å². The van der Waals surface area contributed by atoms with Crippen LogP contribution in [0.5, 0.6) is 0 Å². The van der Waals surface area contributed by atoms with Crippen LogP contribution in [0.4, 0.5) is 5.69 Å². The Labute approximate surface area is 414 Å². The van der Waals surface area contributed by atoms with Crippen LogP contribution in [0, 0.1) is 40.6 Å². The second kappa shape index (κ2) is 17.8. The SMILES string of the molecule is [C-]#[N+]c1ccnc(-c2ccc(-c3cc(-c4ccc(-c5cc(C#N)ccn5)cc4)c4ccc5c(-c6ccc(-c7cc(C#N)ccn7)cc6)cc(-c6ccc(-c7cc(C#N)ccn7)cc6)c6ccc3c4c56)cc2)c1. The lowest BCUT2D eigenvalue weighted by atomic mass is 9.81. The second-order valence-corrected chi connectivity index (χ2v) is 17.5. The molecule has 0 aliphatic rings. The summed E-state index contributed by atoms with van der Waals surface area (Å²) in [5.41, 5.74) is 17.1. The molecule has 8 heteroatoms. The number of hydrogen-bond donors (Lipinski definition) is 0. The molecule has 0 bridgehead atoms. The average molecular weight is 915 g/mol. The van der Waals surface area contributed by atoms with Gasteiger partial charge in [0.15, 0.2) is 5.69 Å². The van der Waals surface area contributed by atoms with Gasteiger partial charge in [-0.1, -0.05) is 121 Å². The second-order valence-electron chi connectivity index (χ2n) is 17.5. The largest absolute Gasteiger partial charge is 0.259 e. The Morgan fingerprint density at radius 1 is 0.306 bits per heavy atom. The highest BCUT2D eigenvalue weighted by molar-refractivity contribution is 6.32. The monoisotopic (exact) mass is 914 g/mol. The maximum absolute atomic E-state index is 9.62. The predicted molar refractivity (Wildman–Crippen MR) is 285 cm³/mol. The van der Waals surface area contributed by atoms with Gasteiger partial charge in [0.05, 0.1) is 64.2 Å². The molecule has 0 aliphatic carbocycles. The Bertz CT molecular complexity index is 3730. The van der Waals surface area contributed by atoms with Gasteiger partial charge in [-0.25, -0.2) is 4.85 Å². The van der Waals surface area contributed by atoms with Crippen molar-refractivity contribution in [3.8, 4) is 108 Å². The summed E-state index contributed by atoms with van der Waals surface area (Å²) in [6.45, 7) is 7.57. The summed E-state index contributed by atoms with van der Waals surface area (Å²) >= 11 is 0. The Morgan fingerprint density at radius 3 is 0.847 bits per heavy atom. The molecular weight excluding hydrogens is 881 g/mol. The molecule has 12 rings (SSSR count). The van der Waals surface area contributed by atoms with E-state index in [1.807, 2.05) is 24.3 Å². The smallest absolute Gasteiger partial charge is 0.190 e. The van der Waals surface area contributed by atoms with Crippen LogP contribution >= 0.6 is 0 Å². The van der Waals surface area contributed by atoms with E-state index in [9.17, 15) is 15.8 Å². The zero-order valence-electron chi connectivity index (χ0n) is 38.2. The van der Waals surface area contributed by atoms with Crippen molar-refractivity contribution in [1.29, 1.82) is 15.8 Å². The Morgan fingerprint density at radius 2 is 0.569 bits per heavy atom. The molecule has 0 radical (unpaired) electrons. The van der Waals surface area contributed by atoms with E-state index in [2.05, 4.69) is 176 Å².